The summed E-state index contributed by atoms with van der Waals surface area (Å²) < 4.78 is 0. The maximum atomic E-state index is 3.64. The number of rotatable bonds is 5. The molecule has 3 rings (SSSR count). The Morgan fingerprint density at radius 2 is 2.00 bits per heavy atom. The maximum Gasteiger partial charge on any atom is 0.0475 e. The Morgan fingerprint density at radius 3 is 2.58 bits per heavy atom. The van der Waals surface area contributed by atoms with Crippen LogP contribution in [0.3, 0.4) is 0 Å². The van der Waals surface area contributed by atoms with Gasteiger partial charge in [0.15, 0.2) is 0 Å². The van der Waals surface area contributed by atoms with Gasteiger partial charge < -0.3 is 5.32 Å². The Kier molecular flexibility index (Phi) is 3.90. The van der Waals surface area contributed by atoms with Crippen molar-refractivity contribution >= 4 is 0 Å². The van der Waals surface area contributed by atoms with E-state index in [0.29, 0.717) is 12.1 Å². The van der Waals surface area contributed by atoms with Crippen molar-refractivity contribution in [1.29, 1.82) is 0 Å². The zero-order valence-corrected chi connectivity index (χ0v) is 12.2. The molecule has 1 aromatic rings. The minimum absolute atomic E-state index is 0.555. The van der Waals surface area contributed by atoms with Gasteiger partial charge in [-0.3, -0.25) is 4.90 Å². The lowest BCUT2D eigenvalue weighted by Gasteiger charge is -2.36. The lowest BCUT2D eigenvalue weighted by Crippen LogP contribution is -2.42. The van der Waals surface area contributed by atoms with Gasteiger partial charge in [-0.15, -0.1) is 0 Å². The number of fused-ring (bicyclic) bond motifs is 2. The van der Waals surface area contributed by atoms with Crippen LogP contribution in [0.4, 0.5) is 0 Å². The summed E-state index contributed by atoms with van der Waals surface area (Å²) in [5.41, 5.74) is 1.48. The fraction of sp³-hybridized carbons (Fsp3) is 0.647. The van der Waals surface area contributed by atoms with E-state index in [2.05, 4.69) is 54.4 Å². The minimum Gasteiger partial charge on any atom is -0.313 e. The van der Waals surface area contributed by atoms with Crippen LogP contribution in [0, 0.1) is 5.92 Å². The lowest BCUT2D eigenvalue weighted by atomic mass is 10.0. The molecule has 0 aromatic heterocycles. The van der Waals surface area contributed by atoms with Gasteiger partial charge in [0.1, 0.15) is 0 Å². The first kappa shape index (κ1) is 13.1. The van der Waals surface area contributed by atoms with Crippen molar-refractivity contribution in [2.75, 3.05) is 13.1 Å². The largest absolute Gasteiger partial charge is 0.313 e. The molecule has 2 nitrogen and oxygen atoms in total. The first-order valence-corrected chi connectivity index (χ1v) is 7.78. The number of benzene rings is 1. The third-order valence-corrected chi connectivity index (χ3v) is 4.76. The molecule has 1 aromatic carbocycles. The van der Waals surface area contributed by atoms with Crippen LogP contribution in [-0.2, 0) is 0 Å². The summed E-state index contributed by atoms with van der Waals surface area (Å²) in [6.45, 7) is 6.85. The molecule has 2 aliphatic rings. The topological polar surface area (TPSA) is 15.3 Å². The Bertz CT molecular complexity index is 401. The van der Waals surface area contributed by atoms with Crippen LogP contribution in [0.2, 0.25) is 0 Å². The second-order valence-electron chi connectivity index (χ2n) is 6.52. The monoisotopic (exact) mass is 258 g/mol. The van der Waals surface area contributed by atoms with E-state index in [1.54, 1.807) is 0 Å². The number of likely N-dealkylation sites (tertiary alicyclic amines) is 1. The van der Waals surface area contributed by atoms with Crippen LogP contribution in [-0.4, -0.2) is 30.1 Å². The Morgan fingerprint density at radius 1 is 1.21 bits per heavy atom. The maximum absolute atomic E-state index is 3.64. The van der Waals surface area contributed by atoms with Gasteiger partial charge in [0.05, 0.1) is 0 Å². The Hall–Kier alpha value is -0.860. The number of nitrogens with zero attached hydrogens (tertiary/aromatic N) is 1. The highest BCUT2D eigenvalue weighted by atomic mass is 15.2. The lowest BCUT2D eigenvalue weighted by molar-refractivity contribution is 0.144. The minimum atomic E-state index is 0.555. The molecule has 3 unspecified atom stereocenters. The van der Waals surface area contributed by atoms with Crippen molar-refractivity contribution in [3.63, 3.8) is 0 Å². The third kappa shape index (κ3) is 2.85. The summed E-state index contributed by atoms with van der Waals surface area (Å²) in [6, 6.07) is 13.0. The van der Waals surface area contributed by atoms with E-state index in [0.717, 1.165) is 18.5 Å². The summed E-state index contributed by atoms with van der Waals surface area (Å²) in [6.07, 6.45) is 4.31. The molecular formula is C17H26N2. The van der Waals surface area contributed by atoms with Crippen LogP contribution in [0.5, 0.6) is 0 Å². The first-order chi connectivity index (χ1) is 9.24. The van der Waals surface area contributed by atoms with Gasteiger partial charge in [0.2, 0.25) is 0 Å². The van der Waals surface area contributed by atoms with Gasteiger partial charge in [-0.25, -0.2) is 0 Å². The van der Waals surface area contributed by atoms with Crippen LogP contribution < -0.4 is 5.32 Å². The van der Waals surface area contributed by atoms with E-state index in [1.165, 1.54) is 31.4 Å². The Balaban J connectivity index is 1.76. The zero-order valence-electron chi connectivity index (χ0n) is 12.2. The molecule has 0 amide bonds. The summed E-state index contributed by atoms with van der Waals surface area (Å²) >= 11 is 0. The molecule has 19 heavy (non-hydrogen) atoms. The van der Waals surface area contributed by atoms with Crippen LogP contribution in [0.25, 0.3) is 0 Å². The van der Waals surface area contributed by atoms with Gasteiger partial charge in [-0.2, -0.15) is 0 Å². The molecule has 3 atom stereocenters. The van der Waals surface area contributed by atoms with Crippen LogP contribution in [0.1, 0.15) is 44.7 Å². The first-order valence-electron chi connectivity index (χ1n) is 7.78. The van der Waals surface area contributed by atoms with Crippen molar-refractivity contribution in [1.82, 2.24) is 10.2 Å². The van der Waals surface area contributed by atoms with Crippen molar-refractivity contribution in [2.45, 2.75) is 51.2 Å². The van der Waals surface area contributed by atoms with Gasteiger partial charge in [0, 0.05) is 31.2 Å². The van der Waals surface area contributed by atoms with Crippen molar-refractivity contribution in [2.24, 2.45) is 5.92 Å². The normalized spacial score (nSPS) is 28.2. The van der Waals surface area contributed by atoms with Crippen molar-refractivity contribution < 1.29 is 0 Å². The average Bonchev–Trinajstić information content (AvgIpc) is 3.02. The van der Waals surface area contributed by atoms with Gasteiger partial charge >= 0.3 is 0 Å². The predicted molar refractivity (Wildman–Crippen MR) is 80.2 cm³/mol. The summed E-state index contributed by atoms with van der Waals surface area (Å²) in [5, 5.41) is 3.64. The molecule has 1 N–H and O–H groups in total. The molecule has 2 bridgehead atoms. The fourth-order valence-corrected chi connectivity index (χ4v) is 3.79. The SMILES string of the molecule is CC(C)NCC(c1ccccc1)N1CC2CCC1C2. The molecule has 2 heteroatoms. The molecule has 1 aliphatic carbocycles. The smallest absolute Gasteiger partial charge is 0.0475 e. The van der Waals surface area contributed by atoms with E-state index in [1.807, 2.05) is 0 Å². The van der Waals surface area contributed by atoms with Crippen molar-refractivity contribution in [3.8, 4) is 0 Å². The molecular weight excluding hydrogens is 232 g/mol. The van der Waals surface area contributed by atoms with E-state index in [4.69, 9.17) is 0 Å². The van der Waals surface area contributed by atoms with Crippen LogP contribution >= 0.6 is 0 Å². The number of hydrogen-bond acceptors (Lipinski definition) is 2. The molecule has 2 fully saturated rings. The average molecular weight is 258 g/mol. The number of nitrogens with one attached hydrogen (secondary N) is 1. The molecule has 0 radical (unpaired) electrons. The van der Waals surface area contributed by atoms with E-state index < -0.39 is 0 Å². The highest BCUT2D eigenvalue weighted by Crippen LogP contribution is 2.41. The highest BCUT2D eigenvalue weighted by molar-refractivity contribution is 5.20. The molecule has 1 saturated carbocycles. The summed E-state index contributed by atoms with van der Waals surface area (Å²) in [4.78, 5) is 2.76. The van der Waals surface area contributed by atoms with E-state index >= 15 is 0 Å². The quantitative estimate of drug-likeness (QED) is 0.872. The predicted octanol–water partition coefficient (Wildman–Crippen LogP) is 3.21. The van der Waals surface area contributed by atoms with Gasteiger partial charge in [-0.05, 0) is 30.7 Å². The van der Waals surface area contributed by atoms with Crippen LogP contribution in [0.15, 0.2) is 30.3 Å². The van der Waals surface area contributed by atoms with Gasteiger partial charge in [0.25, 0.3) is 0 Å². The molecule has 1 saturated heterocycles. The van der Waals surface area contributed by atoms with Crippen molar-refractivity contribution in [3.05, 3.63) is 35.9 Å². The van der Waals surface area contributed by atoms with E-state index in [9.17, 15) is 0 Å². The summed E-state index contributed by atoms with van der Waals surface area (Å²) in [7, 11) is 0. The van der Waals surface area contributed by atoms with Gasteiger partial charge in [-0.1, -0.05) is 44.2 Å². The highest BCUT2D eigenvalue weighted by Gasteiger charge is 2.41. The fourth-order valence-electron chi connectivity index (χ4n) is 3.79. The van der Waals surface area contributed by atoms with E-state index in [-0.39, 0.29) is 0 Å². The standard InChI is InChI=1S/C17H26N2/c1-13(2)18-11-17(15-6-4-3-5-7-15)19-12-14-8-9-16(19)10-14/h3-7,13-14,16-18H,8-12H2,1-2H3. The summed E-state index contributed by atoms with van der Waals surface area (Å²) in [5.74, 6) is 0.968. The number of hydrogen-bond donors (Lipinski definition) is 1. The molecule has 1 heterocycles. The third-order valence-electron chi connectivity index (χ3n) is 4.76. The molecule has 0 spiro atoms. The molecule has 1 aliphatic heterocycles. The second kappa shape index (κ2) is 5.64. The number of piperidine rings is 1. The second-order valence-corrected chi connectivity index (χ2v) is 6.52. The zero-order chi connectivity index (χ0) is 13.2. The Labute approximate surface area is 117 Å². The molecule has 104 valence electrons.